The molecule has 1 heterocycles. The minimum absolute atomic E-state index is 0.289. The number of rotatable bonds is 4. The molecule has 0 aliphatic rings. The van der Waals surface area contributed by atoms with Crippen molar-refractivity contribution in [2.75, 3.05) is 0 Å². The fourth-order valence-corrected chi connectivity index (χ4v) is 1.27. The average Bonchev–Trinajstić information content (AvgIpc) is 2.47. The highest BCUT2D eigenvalue weighted by Gasteiger charge is 2.08. The van der Waals surface area contributed by atoms with E-state index < -0.39 is 0 Å². The number of aryl methyl sites for hydroxylation is 2. The monoisotopic (exact) mass is 181 g/mol. The molecule has 3 nitrogen and oxygen atoms in total. The molecule has 0 aromatic carbocycles. The molecular weight excluding hydrogens is 162 g/mol. The average molecular weight is 181 g/mol. The normalized spacial score (nSPS) is 13.6. The molecule has 0 aliphatic heterocycles. The molecule has 0 amide bonds. The largest absolute Gasteiger partial charge is 0.338 e. The lowest BCUT2D eigenvalue weighted by atomic mass is 10.0. The minimum atomic E-state index is 0.289. The Morgan fingerprint density at radius 2 is 2.23 bits per heavy atom. The Kier molecular flexibility index (Phi) is 3.48. The summed E-state index contributed by atoms with van der Waals surface area (Å²) in [6, 6.07) is 0.289. The second-order valence-electron chi connectivity index (χ2n) is 3.90. The maximum atomic E-state index is 5.95. The lowest BCUT2D eigenvalue weighted by Crippen LogP contribution is -2.27. The third-order valence-electron chi connectivity index (χ3n) is 2.48. The van der Waals surface area contributed by atoms with Crippen molar-refractivity contribution in [2.24, 2.45) is 18.7 Å². The molecule has 0 bridgehead atoms. The van der Waals surface area contributed by atoms with Crippen LogP contribution in [0.4, 0.5) is 0 Å². The number of imidazole rings is 1. The van der Waals surface area contributed by atoms with Gasteiger partial charge in [-0.2, -0.15) is 0 Å². The number of nitrogens with two attached hydrogens (primary N) is 1. The Hall–Kier alpha value is -0.830. The van der Waals surface area contributed by atoms with Gasteiger partial charge < -0.3 is 10.3 Å². The smallest absolute Gasteiger partial charge is 0.108 e. The molecule has 1 rings (SSSR count). The van der Waals surface area contributed by atoms with Crippen LogP contribution in [-0.2, 0) is 13.5 Å². The van der Waals surface area contributed by atoms with Crippen molar-refractivity contribution in [2.45, 2.75) is 32.7 Å². The van der Waals surface area contributed by atoms with E-state index in [1.165, 1.54) is 0 Å². The SMILES string of the molecule is CC(C)C(N)CCc1nccn1C. The van der Waals surface area contributed by atoms with Gasteiger partial charge >= 0.3 is 0 Å². The highest BCUT2D eigenvalue weighted by molar-refractivity contribution is 4.91. The predicted octanol–water partition coefficient (Wildman–Crippen LogP) is 1.34. The first-order valence-corrected chi connectivity index (χ1v) is 4.83. The van der Waals surface area contributed by atoms with E-state index in [0.717, 1.165) is 18.7 Å². The number of nitrogens with zero attached hydrogens (tertiary/aromatic N) is 2. The van der Waals surface area contributed by atoms with Gasteiger partial charge in [-0.15, -0.1) is 0 Å². The van der Waals surface area contributed by atoms with Crippen LogP contribution < -0.4 is 5.73 Å². The molecule has 0 radical (unpaired) electrons. The van der Waals surface area contributed by atoms with Gasteiger partial charge in [0.15, 0.2) is 0 Å². The summed E-state index contributed by atoms with van der Waals surface area (Å²) in [5.41, 5.74) is 5.95. The van der Waals surface area contributed by atoms with Crippen LogP contribution in [-0.4, -0.2) is 15.6 Å². The topological polar surface area (TPSA) is 43.8 Å². The van der Waals surface area contributed by atoms with Gasteiger partial charge in [-0.3, -0.25) is 0 Å². The number of hydrogen-bond donors (Lipinski definition) is 1. The summed E-state index contributed by atoms with van der Waals surface area (Å²) in [4.78, 5) is 4.25. The van der Waals surface area contributed by atoms with Crippen LogP contribution in [0.25, 0.3) is 0 Å². The fourth-order valence-electron chi connectivity index (χ4n) is 1.27. The second-order valence-corrected chi connectivity index (χ2v) is 3.90. The summed E-state index contributed by atoms with van der Waals surface area (Å²) in [7, 11) is 2.02. The van der Waals surface area contributed by atoms with Gasteiger partial charge in [0.25, 0.3) is 0 Å². The zero-order valence-corrected chi connectivity index (χ0v) is 8.70. The van der Waals surface area contributed by atoms with E-state index >= 15 is 0 Å². The first-order chi connectivity index (χ1) is 6.11. The van der Waals surface area contributed by atoms with Crippen LogP contribution in [0.5, 0.6) is 0 Å². The fraction of sp³-hybridized carbons (Fsp3) is 0.700. The highest BCUT2D eigenvalue weighted by atomic mass is 15.0. The van der Waals surface area contributed by atoms with Gasteiger partial charge in [0, 0.05) is 31.9 Å². The predicted molar refractivity (Wildman–Crippen MR) is 54.3 cm³/mol. The summed E-state index contributed by atoms with van der Waals surface area (Å²) in [5.74, 6) is 1.68. The molecule has 0 saturated carbocycles. The molecule has 1 aromatic heterocycles. The van der Waals surface area contributed by atoms with E-state index in [0.29, 0.717) is 5.92 Å². The van der Waals surface area contributed by atoms with Crippen LogP contribution in [0.2, 0.25) is 0 Å². The van der Waals surface area contributed by atoms with Gasteiger partial charge in [-0.1, -0.05) is 13.8 Å². The van der Waals surface area contributed by atoms with Gasteiger partial charge in [-0.25, -0.2) is 4.98 Å². The van der Waals surface area contributed by atoms with Crippen molar-refractivity contribution in [1.82, 2.24) is 9.55 Å². The summed E-state index contributed by atoms with van der Waals surface area (Å²) in [6.07, 6.45) is 5.79. The van der Waals surface area contributed by atoms with E-state index in [-0.39, 0.29) is 6.04 Å². The van der Waals surface area contributed by atoms with Gasteiger partial charge in [-0.05, 0) is 12.3 Å². The maximum absolute atomic E-state index is 5.95. The molecule has 1 aromatic rings. The van der Waals surface area contributed by atoms with E-state index in [4.69, 9.17) is 5.73 Å². The van der Waals surface area contributed by atoms with E-state index in [1.807, 2.05) is 24.0 Å². The van der Waals surface area contributed by atoms with Crippen LogP contribution in [0, 0.1) is 5.92 Å². The Bertz CT molecular complexity index is 252. The van der Waals surface area contributed by atoms with Crippen molar-refractivity contribution in [3.8, 4) is 0 Å². The molecule has 13 heavy (non-hydrogen) atoms. The first-order valence-electron chi connectivity index (χ1n) is 4.83. The third-order valence-corrected chi connectivity index (χ3v) is 2.48. The zero-order valence-electron chi connectivity index (χ0n) is 8.70. The molecule has 3 heteroatoms. The van der Waals surface area contributed by atoms with Crippen molar-refractivity contribution in [1.29, 1.82) is 0 Å². The Balaban J connectivity index is 2.39. The Morgan fingerprint density at radius 1 is 1.54 bits per heavy atom. The van der Waals surface area contributed by atoms with Crippen molar-refractivity contribution in [3.05, 3.63) is 18.2 Å². The molecule has 0 fully saturated rings. The Labute approximate surface area is 80.0 Å². The van der Waals surface area contributed by atoms with Crippen molar-refractivity contribution >= 4 is 0 Å². The standard InChI is InChI=1S/C10H19N3/c1-8(2)9(11)4-5-10-12-6-7-13(10)3/h6-9H,4-5,11H2,1-3H3. The summed E-state index contributed by atoms with van der Waals surface area (Å²) >= 11 is 0. The van der Waals surface area contributed by atoms with Crippen LogP contribution in [0.1, 0.15) is 26.1 Å². The first kappa shape index (κ1) is 10.3. The summed E-state index contributed by atoms with van der Waals surface area (Å²) in [5, 5.41) is 0. The van der Waals surface area contributed by atoms with Gasteiger partial charge in [0.2, 0.25) is 0 Å². The minimum Gasteiger partial charge on any atom is -0.338 e. The van der Waals surface area contributed by atoms with Gasteiger partial charge in [0.05, 0.1) is 0 Å². The molecule has 2 N–H and O–H groups in total. The lowest BCUT2D eigenvalue weighted by molar-refractivity contribution is 0.458. The molecule has 1 unspecified atom stereocenters. The van der Waals surface area contributed by atoms with Crippen molar-refractivity contribution in [3.63, 3.8) is 0 Å². The molecular formula is C10H19N3. The molecule has 0 spiro atoms. The van der Waals surface area contributed by atoms with Gasteiger partial charge in [0.1, 0.15) is 5.82 Å². The second kappa shape index (κ2) is 4.42. The molecule has 0 aliphatic carbocycles. The Morgan fingerprint density at radius 3 is 2.69 bits per heavy atom. The third kappa shape index (κ3) is 2.84. The molecule has 0 saturated heterocycles. The molecule has 1 atom stereocenters. The lowest BCUT2D eigenvalue weighted by Gasteiger charge is -2.14. The van der Waals surface area contributed by atoms with E-state index in [2.05, 4.69) is 18.8 Å². The van der Waals surface area contributed by atoms with Crippen LogP contribution in [0.3, 0.4) is 0 Å². The van der Waals surface area contributed by atoms with Crippen LogP contribution in [0.15, 0.2) is 12.4 Å². The van der Waals surface area contributed by atoms with E-state index in [9.17, 15) is 0 Å². The van der Waals surface area contributed by atoms with Crippen LogP contribution >= 0.6 is 0 Å². The highest BCUT2D eigenvalue weighted by Crippen LogP contribution is 2.07. The van der Waals surface area contributed by atoms with Crippen molar-refractivity contribution < 1.29 is 0 Å². The van der Waals surface area contributed by atoms with E-state index in [1.54, 1.807) is 0 Å². The summed E-state index contributed by atoms with van der Waals surface area (Å²) < 4.78 is 2.05. The maximum Gasteiger partial charge on any atom is 0.108 e. The number of aromatic nitrogens is 2. The quantitative estimate of drug-likeness (QED) is 0.761. The number of hydrogen-bond acceptors (Lipinski definition) is 2. The summed E-state index contributed by atoms with van der Waals surface area (Å²) in [6.45, 7) is 4.31. The zero-order chi connectivity index (χ0) is 9.84. The molecule has 74 valence electrons.